The van der Waals surface area contributed by atoms with E-state index in [0.717, 1.165) is 14.6 Å². The van der Waals surface area contributed by atoms with Crippen molar-refractivity contribution in [2.45, 2.75) is 19.6 Å². The van der Waals surface area contributed by atoms with Crippen molar-refractivity contribution in [1.29, 1.82) is 0 Å². The summed E-state index contributed by atoms with van der Waals surface area (Å²) in [6.07, 6.45) is 0. The molecule has 0 bridgehead atoms. The predicted molar refractivity (Wildman–Crippen MR) is 71.8 cm³/mol. The smallest absolute Gasteiger partial charge is 0.337 e. The van der Waals surface area contributed by atoms with E-state index in [1.807, 2.05) is 24.3 Å². The van der Waals surface area contributed by atoms with E-state index >= 15 is 0 Å². The number of benzene rings is 1. The first-order valence-electron chi connectivity index (χ1n) is 5.16. The van der Waals surface area contributed by atoms with Gasteiger partial charge in [-0.2, -0.15) is 0 Å². The molecule has 0 saturated heterocycles. The standard InChI is InChI=1S/C12H14O2SSi/c1-16(2,3)12-10(11(13)14)8-6-4-5-7-9(8)15-12/h4-7H,1-3H3,(H,13,14). The van der Waals surface area contributed by atoms with Crippen LogP contribution in [0.1, 0.15) is 10.4 Å². The quantitative estimate of drug-likeness (QED) is 0.831. The van der Waals surface area contributed by atoms with Gasteiger partial charge in [-0.3, -0.25) is 0 Å². The van der Waals surface area contributed by atoms with Crippen LogP contribution in [0.25, 0.3) is 10.1 Å². The van der Waals surface area contributed by atoms with Gasteiger partial charge in [-0.05, 0) is 6.07 Å². The van der Waals surface area contributed by atoms with Gasteiger partial charge in [0.1, 0.15) is 0 Å². The lowest BCUT2D eigenvalue weighted by atomic mass is 10.2. The molecule has 0 saturated carbocycles. The first kappa shape index (κ1) is 11.4. The zero-order valence-corrected chi connectivity index (χ0v) is 11.4. The SMILES string of the molecule is C[Si](C)(C)c1sc2ccccc2c1C(=O)O. The second-order valence-electron chi connectivity index (χ2n) is 4.86. The second kappa shape index (κ2) is 3.71. The molecule has 0 aliphatic heterocycles. The van der Waals surface area contributed by atoms with Crippen molar-refractivity contribution in [1.82, 2.24) is 0 Å². The first-order valence-corrected chi connectivity index (χ1v) is 9.48. The minimum atomic E-state index is -1.59. The molecule has 1 N–H and O–H groups in total. The molecule has 4 heteroatoms. The summed E-state index contributed by atoms with van der Waals surface area (Å²) >= 11 is 1.64. The molecule has 2 rings (SSSR count). The Morgan fingerprint density at radius 1 is 1.25 bits per heavy atom. The Kier molecular flexibility index (Phi) is 2.63. The monoisotopic (exact) mass is 250 g/mol. The summed E-state index contributed by atoms with van der Waals surface area (Å²) in [5.41, 5.74) is 0.528. The van der Waals surface area contributed by atoms with E-state index < -0.39 is 14.0 Å². The topological polar surface area (TPSA) is 37.3 Å². The molecule has 0 aliphatic carbocycles. The maximum Gasteiger partial charge on any atom is 0.337 e. The van der Waals surface area contributed by atoms with Crippen LogP contribution in [-0.4, -0.2) is 19.1 Å². The molecule has 16 heavy (non-hydrogen) atoms. The molecular weight excluding hydrogens is 236 g/mol. The van der Waals surface area contributed by atoms with Crippen molar-refractivity contribution >= 4 is 40.0 Å². The molecule has 0 atom stereocenters. The number of rotatable bonds is 2. The highest BCUT2D eigenvalue weighted by molar-refractivity contribution is 7.32. The van der Waals surface area contributed by atoms with Crippen molar-refractivity contribution < 1.29 is 9.90 Å². The number of hydrogen-bond acceptors (Lipinski definition) is 2. The molecule has 0 aliphatic rings. The minimum absolute atomic E-state index is 0.528. The number of carbonyl (C=O) groups is 1. The van der Waals surface area contributed by atoms with Crippen LogP contribution in [0.15, 0.2) is 24.3 Å². The van der Waals surface area contributed by atoms with Gasteiger partial charge >= 0.3 is 5.97 Å². The minimum Gasteiger partial charge on any atom is -0.478 e. The van der Waals surface area contributed by atoms with Crippen molar-refractivity contribution in [3.63, 3.8) is 0 Å². The molecule has 1 heterocycles. The van der Waals surface area contributed by atoms with Crippen LogP contribution in [0, 0.1) is 0 Å². The van der Waals surface area contributed by atoms with E-state index in [9.17, 15) is 9.90 Å². The molecule has 1 aromatic heterocycles. The summed E-state index contributed by atoms with van der Waals surface area (Å²) in [4.78, 5) is 11.4. The number of aromatic carboxylic acids is 1. The second-order valence-corrected chi connectivity index (χ2v) is 11.3. The van der Waals surface area contributed by atoms with Crippen LogP contribution in [-0.2, 0) is 0 Å². The van der Waals surface area contributed by atoms with Crippen LogP contribution in [0.4, 0.5) is 0 Å². The number of hydrogen-bond donors (Lipinski definition) is 1. The zero-order chi connectivity index (χ0) is 11.9. The summed E-state index contributed by atoms with van der Waals surface area (Å²) < 4.78 is 2.17. The summed E-state index contributed by atoms with van der Waals surface area (Å²) in [5, 5.41) is 10.2. The Balaban J connectivity index is 2.84. The van der Waals surface area contributed by atoms with Crippen LogP contribution in [0.5, 0.6) is 0 Å². The van der Waals surface area contributed by atoms with Gasteiger partial charge in [-0.25, -0.2) is 4.79 Å². The Labute approximate surface area is 99.5 Å². The molecule has 0 radical (unpaired) electrons. The highest BCUT2D eigenvalue weighted by atomic mass is 32.1. The number of carboxylic acid groups (broad SMARTS) is 1. The Morgan fingerprint density at radius 2 is 1.88 bits per heavy atom. The highest BCUT2D eigenvalue weighted by Crippen LogP contribution is 2.26. The fourth-order valence-corrected chi connectivity index (χ4v) is 5.28. The van der Waals surface area contributed by atoms with Crippen molar-refractivity contribution in [2.75, 3.05) is 0 Å². The Bertz CT molecular complexity index is 552. The van der Waals surface area contributed by atoms with Crippen molar-refractivity contribution in [2.24, 2.45) is 0 Å². The predicted octanol–water partition coefficient (Wildman–Crippen LogP) is 3.14. The van der Waals surface area contributed by atoms with Crippen LogP contribution in [0.3, 0.4) is 0 Å². The zero-order valence-electron chi connectivity index (χ0n) is 9.57. The van der Waals surface area contributed by atoms with E-state index in [4.69, 9.17) is 0 Å². The molecule has 84 valence electrons. The first-order chi connectivity index (χ1) is 7.41. The van der Waals surface area contributed by atoms with Gasteiger partial charge in [0.25, 0.3) is 0 Å². The number of fused-ring (bicyclic) bond motifs is 1. The molecular formula is C12H14O2SSi. The Morgan fingerprint density at radius 3 is 2.44 bits per heavy atom. The van der Waals surface area contributed by atoms with Gasteiger partial charge in [-0.1, -0.05) is 37.8 Å². The summed E-state index contributed by atoms with van der Waals surface area (Å²) in [6.45, 7) is 6.55. The van der Waals surface area contributed by atoms with Gasteiger partial charge in [-0.15, -0.1) is 11.3 Å². The molecule has 0 unspecified atom stereocenters. The third kappa shape index (κ3) is 1.78. The lowest BCUT2D eigenvalue weighted by Gasteiger charge is -2.14. The number of carboxylic acids is 1. The summed E-state index contributed by atoms with van der Waals surface area (Å²) in [5.74, 6) is -0.796. The van der Waals surface area contributed by atoms with E-state index in [-0.39, 0.29) is 0 Å². The summed E-state index contributed by atoms with van der Waals surface area (Å²) in [7, 11) is -1.59. The largest absolute Gasteiger partial charge is 0.478 e. The van der Waals surface area contributed by atoms with E-state index in [1.165, 1.54) is 0 Å². The van der Waals surface area contributed by atoms with Gasteiger partial charge in [0.15, 0.2) is 0 Å². The molecule has 2 aromatic rings. The van der Waals surface area contributed by atoms with E-state index in [1.54, 1.807) is 11.3 Å². The average molecular weight is 250 g/mol. The summed E-state index contributed by atoms with van der Waals surface area (Å²) in [6, 6.07) is 7.75. The molecule has 0 fully saturated rings. The van der Waals surface area contributed by atoms with E-state index in [2.05, 4.69) is 19.6 Å². The lowest BCUT2D eigenvalue weighted by molar-refractivity contribution is 0.0700. The normalized spacial score (nSPS) is 11.9. The van der Waals surface area contributed by atoms with Gasteiger partial charge < -0.3 is 5.11 Å². The van der Waals surface area contributed by atoms with Crippen LogP contribution < -0.4 is 4.50 Å². The molecule has 1 aromatic carbocycles. The highest BCUT2D eigenvalue weighted by Gasteiger charge is 2.27. The molecule has 0 amide bonds. The van der Waals surface area contributed by atoms with Crippen molar-refractivity contribution in [3.8, 4) is 0 Å². The van der Waals surface area contributed by atoms with E-state index in [0.29, 0.717) is 5.56 Å². The average Bonchev–Trinajstić information content (AvgIpc) is 2.55. The third-order valence-electron chi connectivity index (χ3n) is 2.49. The third-order valence-corrected chi connectivity index (χ3v) is 7.23. The number of thiophene rings is 1. The van der Waals surface area contributed by atoms with Crippen LogP contribution >= 0.6 is 11.3 Å². The van der Waals surface area contributed by atoms with Gasteiger partial charge in [0, 0.05) is 14.6 Å². The van der Waals surface area contributed by atoms with Crippen LogP contribution in [0.2, 0.25) is 19.6 Å². The fourth-order valence-electron chi connectivity index (χ4n) is 1.79. The maximum absolute atomic E-state index is 11.4. The fraction of sp³-hybridized carbons (Fsp3) is 0.250. The van der Waals surface area contributed by atoms with Gasteiger partial charge in [0.2, 0.25) is 0 Å². The maximum atomic E-state index is 11.4. The van der Waals surface area contributed by atoms with Crippen molar-refractivity contribution in [3.05, 3.63) is 29.8 Å². The lowest BCUT2D eigenvalue weighted by Crippen LogP contribution is -2.38. The molecule has 0 spiro atoms. The van der Waals surface area contributed by atoms with Gasteiger partial charge in [0.05, 0.1) is 13.6 Å². The Hall–Kier alpha value is -1.13. The molecule has 2 nitrogen and oxygen atoms in total.